The molecule has 2 aromatic heterocycles. The zero-order chi connectivity index (χ0) is 23.8. The van der Waals surface area contributed by atoms with Crippen LogP contribution in [-0.2, 0) is 4.79 Å². The van der Waals surface area contributed by atoms with Crippen LogP contribution in [0.2, 0.25) is 0 Å². The summed E-state index contributed by atoms with van der Waals surface area (Å²) in [5.41, 5.74) is 1.52. The molecule has 0 aliphatic carbocycles. The summed E-state index contributed by atoms with van der Waals surface area (Å²) in [6, 6.07) is 12.2. The summed E-state index contributed by atoms with van der Waals surface area (Å²) in [5, 5.41) is 10.7. The fourth-order valence-corrected chi connectivity index (χ4v) is 4.11. The Hall–Kier alpha value is -3.54. The Kier molecular flexibility index (Phi) is 6.02. The Labute approximate surface area is 189 Å². The van der Waals surface area contributed by atoms with Crippen molar-refractivity contribution < 1.29 is 22.7 Å². The number of methoxy groups -OCH3 is 1. The maximum absolute atomic E-state index is 13.4. The molecule has 0 radical (unpaired) electrons. The number of fused-ring (bicyclic) bond motifs is 3. The number of amides is 1. The highest BCUT2D eigenvalue weighted by molar-refractivity contribution is 7.99. The number of benzene rings is 2. The summed E-state index contributed by atoms with van der Waals surface area (Å²) in [4.78, 5) is 25.3. The van der Waals surface area contributed by atoms with E-state index >= 15 is 0 Å². The largest absolute Gasteiger partial charge is 0.495 e. The molecule has 0 fully saturated rings. The predicted octanol–water partition coefficient (Wildman–Crippen LogP) is 3.12. The van der Waals surface area contributed by atoms with Gasteiger partial charge in [0.15, 0.2) is 5.16 Å². The predicted molar refractivity (Wildman–Crippen MR) is 117 cm³/mol. The highest BCUT2D eigenvalue weighted by atomic mass is 32.2. The number of aryl methyl sites for hydroxylation is 1. The number of carbonyl (C=O) groups excluding carboxylic acids is 1. The summed E-state index contributed by atoms with van der Waals surface area (Å²) in [7, 11) is 1.49. The summed E-state index contributed by atoms with van der Waals surface area (Å²) < 4.78 is 45.5. The van der Waals surface area contributed by atoms with Crippen molar-refractivity contribution in [3.8, 4) is 11.4 Å². The summed E-state index contributed by atoms with van der Waals surface area (Å²) in [6.45, 7) is 0.458. The van der Waals surface area contributed by atoms with E-state index in [9.17, 15) is 22.8 Å². The van der Waals surface area contributed by atoms with E-state index in [2.05, 4.69) is 10.2 Å². The summed E-state index contributed by atoms with van der Waals surface area (Å²) in [5.74, 6) is -0.477. The molecule has 1 amide bonds. The molecule has 0 unspecified atom stereocenters. The number of aromatic nitrogens is 4. The maximum Gasteiger partial charge on any atom is 0.405 e. The normalized spacial score (nSPS) is 11.8. The Morgan fingerprint density at radius 3 is 2.67 bits per heavy atom. The van der Waals surface area contributed by atoms with Gasteiger partial charge >= 0.3 is 6.18 Å². The second-order valence-electron chi connectivity index (χ2n) is 7.13. The highest BCUT2D eigenvalue weighted by Gasteiger charge is 2.28. The summed E-state index contributed by atoms with van der Waals surface area (Å²) in [6.07, 6.45) is -4.50. The van der Waals surface area contributed by atoms with Crippen molar-refractivity contribution in [2.45, 2.75) is 18.3 Å². The molecule has 4 aromatic rings. The molecule has 12 heteroatoms. The van der Waals surface area contributed by atoms with Gasteiger partial charge in [0.1, 0.15) is 12.3 Å². The van der Waals surface area contributed by atoms with Gasteiger partial charge in [-0.3, -0.25) is 14.0 Å². The van der Waals surface area contributed by atoms with E-state index in [0.29, 0.717) is 22.3 Å². The van der Waals surface area contributed by atoms with Gasteiger partial charge in [-0.05, 0) is 36.8 Å². The standard InChI is InChI=1S/C21H18F3N5O3S/c1-12-7-8-16(32-2)15(9-12)28-18(31)13-5-3-4-6-14(13)29-19(28)26-27-20(29)33-10-17(30)25-11-21(22,23)24/h3-9H,10-11H2,1-2H3,(H,25,30). The molecule has 172 valence electrons. The Balaban J connectivity index is 1.84. The number of alkyl halides is 3. The van der Waals surface area contributed by atoms with E-state index in [4.69, 9.17) is 4.74 Å². The topological polar surface area (TPSA) is 90.5 Å². The molecule has 0 spiro atoms. The fourth-order valence-electron chi connectivity index (χ4n) is 3.34. The number of halogens is 3. The molecule has 2 aromatic carbocycles. The van der Waals surface area contributed by atoms with Gasteiger partial charge in [-0.2, -0.15) is 13.2 Å². The van der Waals surface area contributed by atoms with Gasteiger partial charge in [0, 0.05) is 0 Å². The van der Waals surface area contributed by atoms with Crippen molar-refractivity contribution in [2.75, 3.05) is 19.4 Å². The van der Waals surface area contributed by atoms with E-state index < -0.39 is 18.6 Å². The first kappa shape index (κ1) is 22.6. The molecule has 0 aliphatic heterocycles. The molecular weight excluding hydrogens is 459 g/mol. The second-order valence-corrected chi connectivity index (χ2v) is 8.07. The van der Waals surface area contributed by atoms with Crippen LogP contribution in [0.3, 0.4) is 0 Å². The van der Waals surface area contributed by atoms with Gasteiger partial charge in [-0.25, -0.2) is 4.57 Å². The zero-order valence-electron chi connectivity index (χ0n) is 17.5. The fraction of sp³-hybridized carbons (Fsp3) is 0.238. The third kappa shape index (κ3) is 4.51. The van der Waals surface area contributed by atoms with Crippen LogP contribution in [0, 0.1) is 6.92 Å². The van der Waals surface area contributed by atoms with Crippen molar-refractivity contribution in [3.05, 3.63) is 58.4 Å². The van der Waals surface area contributed by atoms with E-state index in [1.165, 1.54) is 11.7 Å². The van der Waals surface area contributed by atoms with Gasteiger partial charge in [-0.15, -0.1) is 10.2 Å². The smallest absolute Gasteiger partial charge is 0.405 e. The number of ether oxygens (including phenoxy) is 1. The number of carbonyl (C=O) groups is 1. The third-order valence-corrected chi connectivity index (χ3v) is 5.72. The lowest BCUT2D eigenvalue weighted by Crippen LogP contribution is -2.34. The first-order valence-corrected chi connectivity index (χ1v) is 10.7. The van der Waals surface area contributed by atoms with E-state index in [-0.39, 0.29) is 22.2 Å². The first-order valence-electron chi connectivity index (χ1n) is 9.70. The molecular formula is C21H18F3N5O3S. The van der Waals surface area contributed by atoms with E-state index in [1.807, 2.05) is 18.3 Å². The van der Waals surface area contributed by atoms with Crippen LogP contribution < -0.4 is 15.6 Å². The number of nitrogens with one attached hydrogen (secondary N) is 1. The Morgan fingerprint density at radius 1 is 1.18 bits per heavy atom. The number of para-hydroxylation sites is 1. The van der Waals surface area contributed by atoms with Crippen LogP contribution >= 0.6 is 11.8 Å². The minimum absolute atomic E-state index is 0.181. The lowest BCUT2D eigenvalue weighted by molar-refractivity contribution is -0.136. The van der Waals surface area contributed by atoms with Crippen molar-refractivity contribution in [1.29, 1.82) is 0 Å². The highest BCUT2D eigenvalue weighted by Crippen LogP contribution is 2.28. The van der Waals surface area contributed by atoms with Gasteiger partial charge in [-0.1, -0.05) is 30.0 Å². The zero-order valence-corrected chi connectivity index (χ0v) is 18.3. The molecule has 2 heterocycles. The number of rotatable bonds is 6. The van der Waals surface area contributed by atoms with Gasteiger partial charge in [0.05, 0.1) is 29.5 Å². The molecule has 0 bridgehead atoms. The minimum atomic E-state index is -4.50. The quantitative estimate of drug-likeness (QED) is 0.429. The van der Waals surface area contributed by atoms with E-state index in [1.54, 1.807) is 40.8 Å². The van der Waals surface area contributed by atoms with Crippen molar-refractivity contribution >= 4 is 34.3 Å². The number of thioether (sulfide) groups is 1. The molecule has 0 saturated carbocycles. The lowest BCUT2D eigenvalue weighted by atomic mass is 10.2. The SMILES string of the molecule is COc1ccc(C)cc1-n1c(=O)c2ccccc2n2c(SCC(=O)NCC(F)(F)F)nnc12. The van der Waals surface area contributed by atoms with Crippen LogP contribution in [-0.4, -0.2) is 50.7 Å². The van der Waals surface area contributed by atoms with Crippen LogP contribution in [0.4, 0.5) is 13.2 Å². The Morgan fingerprint density at radius 2 is 1.94 bits per heavy atom. The van der Waals surface area contributed by atoms with Crippen LogP contribution in [0.5, 0.6) is 5.75 Å². The monoisotopic (exact) mass is 477 g/mol. The van der Waals surface area contributed by atoms with Crippen LogP contribution in [0.15, 0.2) is 52.4 Å². The minimum Gasteiger partial charge on any atom is -0.495 e. The molecule has 33 heavy (non-hydrogen) atoms. The average Bonchev–Trinajstić information content (AvgIpc) is 3.20. The third-order valence-electron chi connectivity index (χ3n) is 4.79. The van der Waals surface area contributed by atoms with Gasteiger partial charge in [0.2, 0.25) is 11.7 Å². The maximum atomic E-state index is 13.4. The van der Waals surface area contributed by atoms with Crippen LogP contribution in [0.25, 0.3) is 22.4 Å². The summed E-state index contributed by atoms with van der Waals surface area (Å²) >= 11 is 0.916. The van der Waals surface area contributed by atoms with E-state index in [0.717, 1.165) is 17.3 Å². The second kappa shape index (κ2) is 8.77. The first-order chi connectivity index (χ1) is 15.7. The number of nitrogens with zero attached hydrogens (tertiary/aromatic N) is 4. The van der Waals surface area contributed by atoms with Gasteiger partial charge < -0.3 is 10.1 Å². The molecule has 1 N–H and O–H groups in total. The number of hydrogen-bond acceptors (Lipinski definition) is 6. The van der Waals surface area contributed by atoms with Crippen LogP contribution in [0.1, 0.15) is 5.56 Å². The van der Waals surface area contributed by atoms with Crippen molar-refractivity contribution in [2.24, 2.45) is 0 Å². The number of hydrogen-bond donors (Lipinski definition) is 1. The molecule has 0 aliphatic rings. The average molecular weight is 477 g/mol. The molecule has 8 nitrogen and oxygen atoms in total. The molecule has 0 saturated heterocycles. The van der Waals surface area contributed by atoms with Gasteiger partial charge in [0.25, 0.3) is 5.56 Å². The lowest BCUT2D eigenvalue weighted by Gasteiger charge is -2.14. The van der Waals surface area contributed by atoms with Crippen molar-refractivity contribution in [3.63, 3.8) is 0 Å². The molecule has 0 atom stereocenters. The molecule has 4 rings (SSSR count). The Bertz CT molecular complexity index is 1410. The van der Waals surface area contributed by atoms with Crippen molar-refractivity contribution in [1.82, 2.24) is 24.5 Å².